The van der Waals surface area contributed by atoms with E-state index in [-0.39, 0.29) is 11.8 Å². The number of aromatic nitrogens is 1. The second-order valence-corrected chi connectivity index (χ2v) is 7.45. The van der Waals surface area contributed by atoms with Crippen LogP contribution in [0.4, 0.5) is 0 Å². The van der Waals surface area contributed by atoms with Crippen LogP contribution in [-0.4, -0.2) is 34.8 Å². The molecule has 2 aromatic carbocycles. The molecule has 5 nitrogen and oxygen atoms in total. The lowest BCUT2D eigenvalue weighted by molar-refractivity contribution is -0.132. The molecule has 0 unspecified atom stereocenters. The van der Waals surface area contributed by atoms with Crippen LogP contribution in [0, 0.1) is 0 Å². The fourth-order valence-corrected chi connectivity index (χ4v) is 4.07. The molecule has 0 radical (unpaired) electrons. The molecule has 3 aromatic rings. The van der Waals surface area contributed by atoms with E-state index in [1.807, 2.05) is 53.9 Å². The molecule has 0 fully saturated rings. The van der Waals surface area contributed by atoms with Crippen molar-refractivity contribution < 1.29 is 9.59 Å². The molecule has 1 aromatic heterocycles. The predicted molar refractivity (Wildman–Crippen MR) is 105 cm³/mol. The molecule has 1 aliphatic rings. The quantitative estimate of drug-likeness (QED) is 0.760. The van der Waals surface area contributed by atoms with Crippen LogP contribution in [0.2, 0.25) is 0 Å². The summed E-state index contributed by atoms with van der Waals surface area (Å²) in [5.74, 6) is -0.296. The Kier molecular flexibility index (Phi) is 4.73. The van der Waals surface area contributed by atoms with Gasteiger partial charge in [-0.2, -0.15) is 0 Å². The maximum atomic E-state index is 12.8. The summed E-state index contributed by atoms with van der Waals surface area (Å²) < 4.78 is 0. The van der Waals surface area contributed by atoms with E-state index in [4.69, 9.17) is 0 Å². The zero-order chi connectivity index (χ0) is 18.8. The van der Waals surface area contributed by atoms with E-state index in [0.29, 0.717) is 18.5 Å². The highest BCUT2D eigenvalue weighted by atomic mass is 32.1. The van der Waals surface area contributed by atoms with E-state index >= 15 is 0 Å². The van der Waals surface area contributed by atoms with E-state index in [0.717, 1.165) is 21.8 Å². The lowest BCUT2D eigenvalue weighted by Crippen LogP contribution is -2.51. The number of thiazole rings is 1. The molecule has 1 N–H and O–H groups in total. The number of hydrogen-bond donors (Lipinski definition) is 1. The van der Waals surface area contributed by atoms with Crippen molar-refractivity contribution in [2.75, 3.05) is 7.05 Å². The highest BCUT2D eigenvalue weighted by Gasteiger charge is 2.30. The van der Waals surface area contributed by atoms with Gasteiger partial charge >= 0.3 is 0 Å². The molecule has 0 bridgehead atoms. The number of likely N-dealkylation sites (N-methyl/N-ethyl adjacent to an activating group) is 1. The van der Waals surface area contributed by atoms with Gasteiger partial charge in [-0.15, -0.1) is 11.3 Å². The van der Waals surface area contributed by atoms with Gasteiger partial charge in [-0.25, -0.2) is 4.98 Å². The first-order chi connectivity index (χ1) is 13.1. The van der Waals surface area contributed by atoms with Gasteiger partial charge in [-0.05, 0) is 11.6 Å². The molecule has 0 saturated heterocycles. The summed E-state index contributed by atoms with van der Waals surface area (Å²) in [6.07, 6.45) is 0.511. The number of fused-ring (bicyclic) bond motifs is 1. The van der Waals surface area contributed by atoms with Crippen molar-refractivity contribution in [1.29, 1.82) is 0 Å². The van der Waals surface area contributed by atoms with Crippen LogP contribution >= 0.6 is 11.3 Å². The third-order valence-corrected chi connectivity index (χ3v) is 5.58. The van der Waals surface area contributed by atoms with E-state index < -0.39 is 6.04 Å². The van der Waals surface area contributed by atoms with Gasteiger partial charge in [0.2, 0.25) is 5.91 Å². The second-order valence-electron chi connectivity index (χ2n) is 6.59. The number of benzene rings is 2. The standard InChI is InChI=1S/C21H19N3O2S/c1-24(12-16-13-27-20(22-16)14-7-3-2-4-8-14)21(26)18-11-15-9-5-6-10-17(15)19(25)23-18/h2-10,13,18H,11-12H2,1H3,(H,23,25)/t18-/m1/s1. The molecular formula is C21H19N3O2S. The Bertz CT molecular complexity index is 984. The third-order valence-electron chi connectivity index (χ3n) is 4.64. The number of nitrogens with one attached hydrogen (secondary N) is 1. The van der Waals surface area contributed by atoms with Crippen molar-refractivity contribution in [2.24, 2.45) is 0 Å². The number of amides is 2. The van der Waals surface area contributed by atoms with E-state index in [9.17, 15) is 9.59 Å². The van der Waals surface area contributed by atoms with Crippen molar-refractivity contribution in [3.8, 4) is 10.6 Å². The van der Waals surface area contributed by atoms with Crippen LogP contribution in [0.3, 0.4) is 0 Å². The molecule has 0 spiro atoms. The Morgan fingerprint density at radius 1 is 1.19 bits per heavy atom. The van der Waals surface area contributed by atoms with Crippen LogP contribution in [0.15, 0.2) is 60.0 Å². The van der Waals surface area contributed by atoms with Crippen LogP contribution < -0.4 is 5.32 Å². The maximum absolute atomic E-state index is 12.8. The lowest BCUT2D eigenvalue weighted by Gasteiger charge is -2.28. The first-order valence-corrected chi connectivity index (χ1v) is 9.63. The summed E-state index contributed by atoms with van der Waals surface area (Å²) in [6.45, 7) is 0.413. The molecule has 2 amide bonds. The lowest BCUT2D eigenvalue weighted by atomic mass is 9.94. The minimum atomic E-state index is -0.537. The Hall–Kier alpha value is -2.99. The Labute approximate surface area is 161 Å². The van der Waals surface area contributed by atoms with E-state index in [2.05, 4.69) is 10.3 Å². The third kappa shape index (κ3) is 3.61. The van der Waals surface area contributed by atoms with Gasteiger partial charge in [0.25, 0.3) is 5.91 Å². The van der Waals surface area contributed by atoms with E-state index in [1.54, 1.807) is 29.4 Å². The smallest absolute Gasteiger partial charge is 0.252 e. The average Bonchev–Trinajstić information content (AvgIpc) is 3.16. The Balaban J connectivity index is 1.45. The molecule has 136 valence electrons. The normalized spacial score (nSPS) is 15.7. The molecule has 4 rings (SSSR count). The van der Waals surface area contributed by atoms with Gasteiger partial charge in [0, 0.05) is 30.0 Å². The zero-order valence-corrected chi connectivity index (χ0v) is 15.7. The van der Waals surface area contributed by atoms with Crippen molar-refractivity contribution in [3.63, 3.8) is 0 Å². The number of carbonyl (C=O) groups excluding carboxylic acids is 2. The van der Waals surface area contributed by atoms with Gasteiger partial charge in [-0.3, -0.25) is 9.59 Å². The number of rotatable bonds is 4. The van der Waals surface area contributed by atoms with E-state index in [1.165, 1.54) is 0 Å². The molecule has 2 heterocycles. The number of carbonyl (C=O) groups is 2. The highest BCUT2D eigenvalue weighted by Crippen LogP contribution is 2.24. The topological polar surface area (TPSA) is 62.3 Å². The van der Waals surface area contributed by atoms with Crippen molar-refractivity contribution in [1.82, 2.24) is 15.2 Å². The minimum Gasteiger partial charge on any atom is -0.340 e. The minimum absolute atomic E-state index is 0.105. The molecular weight excluding hydrogens is 358 g/mol. The second kappa shape index (κ2) is 7.32. The van der Waals surface area contributed by atoms with Gasteiger partial charge in [0.1, 0.15) is 11.0 Å². The molecule has 0 aliphatic carbocycles. The summed E-state index contributed by atoms with van der Waals surface area (Å²) in [6, 6.07) is 16.9. The molecule has 27 heavy (non-hydrogen) atoms. The van der Waals surface area contributed by atoms with Gasteiger partial charge in [-0.1, -0.05) is 48.5 Å². The average molecular weight is 377 g/mol. The molecule has 1 atom stereocenters. The SMILES string of the molecule is CN(Cc1csc(-c2ccccc2)n1)C(=O)[C@H]1Cc2ccccc2C(=O)N1. The maximum Gasteiger partial charge on any atom is 0.252 e. The largest absolute Gasteiger partial charge is 0.340 e. The summed E-state index contributed by atoms with van der Waals surface area (Å²) in [5, 5.41) is 5.73. The van der Waals surface area contributed by atoms with Crippen LogP contribution in [-0.2, 0) is 17.8 Å². The predicted octanol–water partition coefficient (Wildman–Crippen LogP) is 3.12. The first kappa shape index (κ1) is 17.4. The fourth-order valence-electron chi connectivity index (χ4n) is 3.26. The highest BCUT2D eigenvalue weighted by molar-refractivity contribution is 7.13. The first-order valence-electron chi connectivity index (χ1n) is 8.75. The molecule has 0 saturated carbocycles. The van der Waals surface area contributed by atoms with Gasteiger partial charge < -0.3 is 10.2 Å². The van der Waals surface area contributed by atoms with Crippen molar-refractivity contribution in [3.05, 3.63) is 76.8 Å². The summed E-state index contributed by atoms with van der Waals surface area (Å²) in [4.78, 5) is 31.3. The Morgan fingerprint density at radius 3 is 2.74 bits per heavy atom. The van der Waals surface area contributed by atoms with Gasteiger partial charge in [0.05, 0.1) is 12.2 Å². The summed E-state index contributed by atoms with van der Waals surface area (Å²) >= 11 is 1.56. The number of nitrogens with zero attached hydrogens (tertiary/aromatic N) is 2. The fraction of sp³-hybridized carbons (Fsp3) is 0.190. The Morgan fingerprint density at radius 2 is 1.93 bits per heavy atom. The summed E-state index contributed by atoms with van der Waals surface area (Å²) in [5.41, 5.74) is 3.47. The summed E-state index contributed by atoms with van der Waals surface area (Å²) in [7, 11) is 1.75. The number of hydrogen-bond acceptors (Lipinski definition) is 4. The molecule has 1 aliphatic heterocycles. The van der Waals surface area contributed by atoms with Crippen molar-refractivity contribution in [2.45, 2.75) is 19.0 Å². The monoisotopic (exact) mass is 377 g/mol. The zero-order valence-electron chi connectivity index (χ0n) is 14.9. The van der Waals surface area contributed by atoms with Crippen LogP contribution in [0.25, 0.3) is 10.6 Å². The molecule has 6 heteroatoms. The van der Waals surface area contributed by atoms with Crippen molar-refractivity contribution >= 4 is 23.2 Å². The van der Waals surface area contributed by atoms with Gasteiger partial charge in [0.15, 0.2) is 0 Å². The van der Waals surface area contributed by atoms with Crippen LogP contribution in [0.1, 0.15) is 21.6 Å². The van der Waals surface area contributed by atoms with Crippen LogP contribution in [0.5, 0.6) is 0 Å².